The topological polar surface area (TPSA) is 193 Å². The zero-order chi connectivity index (χ0) is 26.0. The van der Waals surface area contributed by atoms with Crippen molar-refractivity contribution in [1.29, 1.82) is 0 Å². The summed E-state index contributed by atoms with van der Waals surface area (Å²) >= 11 is 0.629. The van der Waals surface area contributed by atoms with Crippen LogP contribution in [0.3, 0.4) is 0 Å². The maximum Gasteiger partial charge on any atom is 0.417 e. The van der Waals surface area contributed by atoms with Gasteiger partial charge in [0.15, 0.2) is 15.0 Å². The normalized spacial score (nSPS) is 18.1. The second-order valence-electron chi connectivity index (χ2n) is 8.08. The van der Waals surface area contributed by atoms with E-state index in [0.29, 0.717) is 11.3 Å². The van der Waals surface area contributed by atoms with Gasteiger partial charge >= 0.3 is 6.18 Å². The molecule has 3 heterocycles. The molecule has 194 valence electrons. The van der Waals surface area contributed by atoms with Gasteiger partial charge in [0.05, 0.1) is 25.9 Å². The van der Waals surface area contributed by atoms with E-state index in [2.05, 4.69) is 32.2 Å². The van der Waals surface area contributed by atoms with E-state index >= 15 is 0 Å². The fourth-order valence-electron chi connectivity index (χ4n) is 4.14. The Hall–Kier alpha value is -2.42. The average molecular weight is 565 g/mol. The maximum absolute atomic E-state index is 13.6. The number of sulfonamides is 1. The van der Waals surface area contributed by atoms with Crippen molar-refractivity contribution < 1.29 is 30.0 Å². The molecule has 1 aromatic heterocycles. The molecule has 9 N–H and O–H groups in total. The van der Waals surface area contributed by atoms with E-state index in [4.69, 9.17) is 10.9 Å². The van der Waals surface area contributed by atoms with Crippen LogP contribution in [0.1, 0.15) is 17.3 Å². The molecule has 0 amide bonds. The summed E-state index contributed by atoms with van der Waals surface area (Å²) in [7, 11) is -8.80. The molecule has 0 spiro atoms. The Kier molecular flexibility index (Phi) is 6.01. The molecule has 2 aromatic carbocycles. The summed E-state index contributed by atoms with van der Waals surface area (Å²) in [5.74, 6) is 0. The number of aromatic nitrogens is 1. The molecular formula is C18H19F3N8O4S3. The Balaban J connectivity index is 1.86. The van der Waals surface area contributed by atoms with Gasteiger partial charge in [-0.15, -0.1) is 0 Å². The minimum atomic E-state index is -4.69. The van der Waals surface area contributed by atoms with Crippen LogP contribution in [0.25, 0.3) is 21.3 Å². The molecule has 18 heteroatoms. The summed E-state index contributed by atoms with van der Waals surface area (Å²) in [5, 5.41) is 7.37. The number of alkyl halides is 3. The number of nitrogens with one attached hydrogen (secondary N) is 5. The van der Waals surface area contributed by atoms with E-state index in [0.717, 1.165) is 18.2 Å². The number of rotatable bonds is 5. The average Bonchev–Trinajstić information content (AvgIpc) is 3.38. The zero-order valence-corrected chi connectivity index (χ0v) is 20.4. The fraction of sp³-hybridized carbons (Fsp3) is 0.278. The summed E-state index contributed by atoms with van der Waals surface area (Å²) in [6, 6.07) is 4.39. The lowest BCUT2D eigenvalue weighted by atomic mass is 9.95. The first-order valence-electron chi connectivity index (χ1n) is 10.2. The van der Waals surface area contributed by atoms with E-state index in [-0.39, 0.29) is 45.1 Å². The van der Waals surface area contributed by atoms with Gasteiger partial charge in [0, 0.05) is 24.2 Å². The van der Waals surface area contributed by atoms with E-state index < -0.39 is 52.8 Å². The van der Waals surface area contributed by atoms with Crippen molar-refractivity contribution in [3.05, 3.63) is 35.4 Å². The predicted molar refractivity (Wildman–Crippen MR) is 125 cm³/mol. The number of nitrogen functional groups attached to an aromatic ring is 1. The van der Waals surface area contributed by atoms with Crippen molar-refractivity contribution in [2.45, 2.75) is 27.4 Å². The molecule has 0 saturated carbocycles. The van der Waals surface area contributed by atoms with Crippen LogP contribution in [0, 0.1) is 0 Å². The lowest BCUT2D eigenvalue weighted by Gasteiger charge is -2.29. The maximum atomic E-state index is 13.6. The largest absolute Gasteiger partial charge is 0.417 e. The van der Waals surface area contributed by atoms with E-state index in [1.807, 2.05) is 0 Å². The summed E-state index contributed by atoms with van der Waals surface area (Å²) in [6.45, 7) is 0.258. The van der Waals surface area contributed by atoms with Crippen LogP contribution < -0.4 is 38.1 Å². The van der Waals surface area contributed by atoms with Gasteiger partial charge in [-0.1, -0.05) is 23.5 Å². The van der Waals surface area contributed by atoms with E-state index in [1.165, 1.54) is 6.07 Å². The highest BCUT2D eigenvalue weighted by Crippen LogP contribution is 2.45. The molecule has 0 atom stereocenters. The third kappa shape index (κ3) is 4.13. The van der Waals surface area contributed by atoms with Gasteiger partial charge < -0.3 is 11.1 Å². The van der Waals surface area contributed by atoms with Crippen LogP contribution in [-0.4, -0.2) is 40.2 Å². The lowest BCUT2D eigenvalue weighted by molar-refractivity contribution is -0.136. The number of nitrogens with two attached hydrogens (primary N) is 2. The molecule has 2 fully saturated rings. The fourth-order valence-corrected chi connectivity index (χ4v) is 8.27. The summed E-state index contributed by atoms with van der Waals surface area (Å²) < 4.78 is 93.0. The van der Waals surface area contributed by atoms with Gasteiger partial charge in [0.2, 0.25) is 10.0 Å². The Labute approximate surface area is 206 Å². The number of benzene rings is 2. The number of nitrogens with zero attached hydrogens (tertiary/aromatic N) is 1. The first-order chi connectivity index (χ1) is 16.8. The van der Waals surface area contributed by atoms with Crippen LogP contribution in [0.5, 0.6) is 0 Å². The number of hydrazine groups is 3. The monoisotopic (exact) mass is 564 g/mol. The highest BCUT2D eigenvalue weighted by Gasteiger charge is 2.40. The zero-order valence-electron chi connectivity index (χ0n) is 18.0. The second-order valence-corrected chi connectivity index (χ2v) is 12.8. The SMILES string of the molecule is Nc1nc2c(-c3ccc(S(=O)(=O)C4CNC4)c(S(N)(=O)=O)c3C3NNNN3)ccc(C(F)(F)F)c2s1. The molecule has 0 unspecified atom stereocenters. The summed E-state index contributed by atoms with van der Waals surface area (Å²) in [5.41, 5.74) is 15.2. The third-order valence-electron chi connectivity index (χ3n) is 5.87. The first kappa shape index (κ1) is 25.2. The predicted octanol–water partition coefficient (Wildman–Crippen LogP) is 0.0728. The van der Waals surface area contributed by atoms with Crippen LogP contribution in [-0.2, 0) is 26.0 Å². The number of halogens is 3. The molecule has 0 aliphatic carbocycles. The number of hydrogen-bond acceptors (Lipinski definition) is 12. The van der Waals surface area contributed by atoms with Gasteiger partial charge in [-0.25, -0.2) is 37.8 Å². The van der Waals surface area contributed by atoms with E-state index in [1.54, 1.807) is 0 Å². The van der Waals surface area contributed by atoms with Gasteiger partial charge in [0.25, 0.3) is 0 Å². The Morgan fingerprint density at radius 1 is 1.00 bits per heavy atom. The number of fused-ring (bicyclic) bond motifs is 1. The van der Waals surface area contributed by atoms with Gasteiger partial charge in [-0.05, 0) is 17.7 Å². The molecule has 12 nitrogen and oxygen atoms in total. The molecule has 2 aliphatic rings. The minimum absolute atomic E-state index is 0.0873. The van der Waals surface area contributed by atoms with Crippen LogP contribution in [0.15, 0.2) is 34.1 Å². The molecule has 36 heavy (non-hydrogen) atoms. The number of thiazole rings is 1. The highest BCUT2D eigenvalue weighted by atomic mass is 32.2. The second kappa shape index (κ2) is 8.57. The number of sulfone groups is 1. The van der Waals surface area contributed by atoms with Crippen molar-refractivity contribution in [3.8, 4) is 11.1 Å². The number of anilines is 1. The van der Waals surface area contributed by atoms with Gasteiger partial charge in [-0.3, -0.25) is 0 Å². The molecule has 2 saturated heterocycles. The Morgan fingerprint density at radius 3 is 2.19 bits per heavy atom. The van der Waals surface area contributed by atoms with E-state index in [9.17, 15) is 30.0 Å². The molecule has 0 bridgehead atoms. The molecule has 3 aromatic rings. The first-order valence-corrected chi connectivity index (χ1v) is 14.1. The molecular weight excluding hydrogens is 545 g/mol. The van der Waals surface area contributed by atoms with Crippen LogP contribution in [0.4, 0.5) is 18.3 Å². The lowest BCUT2D eigenvalue weighted by Crippen LogP contribution is -2.51. The van der Waals surface area contributed by atoms with Crippen molar-refractivity contribution in [1.82, 2.24) is 32.2 Å². The summed E-state index contributed by atoms with van der Waals surface area (Å²) in [4.78, 5) is 2.87. The Morgan fingerprint density at radius 2 is 1.64 bits per heavy atom. The van der Waals surface area contributed by atoms with Gasteiger partial charge in [0.1, 0.15) is 11.1 Å². The smallest absolute Gasteiger partial charge is 0.375 e. The van der Waals surface area contributed by atoms with Crippen molar-refractivity contribution >= 4 is 46.5 Å². The van der Waals surface area contributed by atoms with Crippen LogP contribution >= 0.6 is 11.3 Å². The molecule has 2 aliphatic heterocycles. The highest BCUT2D eigenvalue weighted by molar-refractivity contribution is 7.94. The van der Waals surface area contributed by atoms with Crippen molar-refractivity contribution in [2.75, 3.05) is 18.8 Å². The molecule has 0 radical (unpaired) electrons. The molecule has 5 rings (SSSR count). The Bertz CT molecular complexity index is 1580. The third-order valence-corrected chi connectivity index (χ3v) is 10.1. The number of hydrogen-bond donors (Lipinski definition) is 7. The van der Waals surface area contributed by atoms with Crippen LogP contribution in [0.2, 0.25) is 0 Å². The number of primary sulfonamides is 1. The summed E-state index contributed by atoms with van der Waals surface area (Å²) in [6.07, 6.45) is -5.75. The van der Waals surface area contributed by atoms with Gasteiger partial charge in [-0.2, -0.15) is 24.2 Å². The van der Waals surface area contributed by atoms with Crippen molar-refractivity contribution in [3.63, 3.8) is 0 Å². The van der Waals surface area contributed by atoms with Crippen molar-refractivity contribution in [2.24, 2.45) is 5.14 Å². The quantitative estimate of drug-likeness (QED) is 0.222. The minimum Gasteiger partial charge on any atom is -0.375 e. The standard InChI is InChI=1S/C18H19F3N8O4S3/c19-18(20,21)10-3-1-9(13-14(10)34-17(22)25-13)8-2-4-11(35(30,31)7-5-24-6-7)15(36(23,32)33)12(8)16-26-28-29-27-16/h1-4,7,16,24,26-29H,5-6H2,(H2,22,25)(H2,23,32,33).